The van der Waals surface area contributed by atoms with E-state index in [9.17, 15) is 9.59 Å². The van der Waals surface area contributed by atoms with Crippen molar-refractivity contribution < 1.29 is 14.3 Å². The second-order valence-corrected chi connectivity index (χ2v) is 5.01. The zero-order valence-corrected chi connectivity index (χ0v) is 11.9. The van der Waals surface area contributed by atoms with Crippen molar-refractivity contribution in [3.05, 3.63) is 28.2 Å². The average molecular weight is 318 g/mol. The molecule has 1 aromatic rings. The van der Waals surface area contributed by atoms with Gasteiger partial charge in [-0.2, -0.15) is 0 Å². The summed E-state index contributed by atoms with van der Waals surface area (Å²) in [4.78, 5) is 23.2. The Kier molecular flexibility index (Phi) is 5.05. The number of nitrogens with one attached hydrogen (secondary N) is 3. The maximum atomic E-state index is 11.6. The normalized spacial score (nSPS) is 17.6. The fourth-order valence-corrected chi connectivity index (χ4v) is 2.02. The first-order valence-corrected chi connectivity index (χ1v) is 6.75. The molecule has 0 radical (unpaired) electrons. The molecule has 3 N–H and O–H groups in total. The van der Waals surface area contributed by atoms with Gasteiger partial charge in [0.15, 0.2) is 0 Å². The van der Waals surface area contributed by atoms with Gasteiger partial charge in [-0.05, 0) is 31.0 Å². The topological polar surface area (TPSA) is 79.5 Å². The van der Waals surface area contributed by atoms with E-state index in [2.05, 4.69) is 16.2 Å². The predicted molar refractivity (Wildman–Crippen MR) is 75.7 cm³/mol. The number of benzene rings is 1. The number of urea groups is 1. The van der Waals surface area contributed by atoms with E-state index in [0.717, 1.165) is 6.42 Å². The molecule has 2 rings (SSSR count). The van der Waals surface area contributed by atoms with Crippen LogP contribution in [-0.2, 0) is 9.53 Å². The lowest BCUT2D eigenvalue weighted by Crippen LogP contribution is -2.47. The first-order valence-electron chi connectivity index (χ1n) is 6.00. The number of halogens is 2. The molecule has 0 aromatic heterocycles. The highest BCUT2D eigenvalue weighted by atomic mass is 35.5. The molecule has 0 unspecified atom stereocenters. The molecule has 6 nitrogen and oxygen atoms in total. The minimum Gasteiger partial charge on any atom is -0.368 e. The van der Waals surface area contributed by atoms with Crippen LogP contribution in [0, 0.1) is 0 Å². The van der Waals surface area contributed by atoms with Crippen molar-refractivity contribution in [2.24, 2.45) is 0 Å². The Bertz CT molecular complexity index is 519. The van der Waals surface area contributed by atoms with Gasteiger partial charge in [-0.1, -0.05) is 23.2 Å². The highest BCUT2D eigenvalue weighted by Crippen LogP contribution is 2.24. The summed E-state index contributed by atoms with van der Waals surface area (Å²) in [6.07, 6.45) is 0.996. The molecule has 0 spiro atoms. The molecule has 1 heterocycles. The number of carbonyl (C=O) groups is 2. The van der Waals surface area contributed by atoms with Crippen molar-refractivity contribution in [3.63, 3.8) is 0 Å². The molecule has 1 saturated heterocycles. The predicted octanol–water partition coefficient (Wildman–Crippen LogP) is 2.33. The lowest BCUT2D eigenvalue weighted by molar-refractivity contribution is -0.130. The second-order valence-electron chi connectivity index (χ2n) is 4.20. The van der Waals surface area contributed by atoms with Crippen LogP contribution in [0.1, 0.15) is 12.8 Å². The lowest BCUT2D eigenvalue weighted by atomic mass is 10.2. The third-order valence-corrected chi connectivity index (χ3v) is 3.44. The molecule has 0 bridgehead atoms. The summed E-state index contributed by atoms with van der Waals surface area (Å²) in [7, 11) is 0. The van der Waals surface area contributed by atoms with Gasteiger partial charge in [0.05, 0.1) is 10.0 Å². The Balaban J connectivity index is 1.80. The zero-order valence-electron chi connectivity index (χ0n) is 10.4. The van der Waals surface area contributed by atoms with Crippen LogP contribution in [0.25, 0.3) is 0 Å². The number of hydrogen-bond acceptors (Lipinski definition) is 3. The van der Waals surface area contributed by atoms with Gasteiger partial charge in [0, 0.05) is 12.3 Å². The molecule has 1 aromatic carbocycles. The number of rotatable bonds is 2. The SMILES string of the molecule is O=C(NNC(=O)[C@@H]1CCCO1)Nc1ccc(Cl)c(Cl)c1. The van der Waals surface area contributed by atoms with E-state index >= 15 is 0 Å². The quantitative estimate of drug-likeness (QED) is 0.732. The van der Waals surface area contributed by atoms with Crippen LogP contribution in [0.3, 0.4) is 0 Å². The van der Waals surface area contributed by atoms with Crippen LogP contribution in [0.4, 0.5) is 10.5 Å². The van der Waals surface area contributed by atoms with Crippen molar-refractivity contribution in [1.82, 2.24) is 10.9 Å². The fraction of sp³-hybridized carbons (Fsp3) is 0.333. The number of amides is 3. The molecular formula is C12H13Cl2N3O3. The average Bonchev–Trinajstić information content (AvgIpc) is 2.94. The molecule has 3 amide bonds. The molecule has 20 heavy (non-hydrogen) atoms. The Morgan fingerprint density at radius 1 is 1.20 bits per heavy atom. The molecule has 0 aliphatic carbocycles. The Hall–Kier alpha value is -1.50. The number of ether oxygens (including phenoxy) is 1. The van der Waals surface area contributed by atoms with Gasteiger partial charge in [0.1, 0.15) is 6.10 Å². The summed E-state index contributed by atoms with van der Waals surface area (Å²) >= 11 is 11.6. The highest BCUT2D eigenvalue weighted by Gasteiger charge is 2.23. The van der Waals surface area contributed by atoms with E-state index in [1.54, 1.807) is 12.1 Å². The molecule has 1 atom stereocenters. The molecular weight excluding hydrogens is 305 g/mol. The Morgan fingerprint density at radius 2 is 2.00 bits per heavy atom. The number of hydrazine groups is 1. The minimum absolute atomic E-state index is 0.327. The first kappa shape index (κ1) is 14.9. The van der Waals surface area contributed by atoms with E-state index in [4.69, 9.17) is 27.9 Å². The van der Waals surface area contributed by atoms with Crippen molar-refractivity contribution in [3.8, 4) is 0 Å². The molecule has 108 valence electrons. The smallest absolute Gasteiger partial charge is 0.337 e. The molecule has 1 fully saturated rings. The standard InChI is InChI=1S/C12H13Cl2N3O3/c13-8-4-3-7(6-9(8)14)15-12(19)17-16-11(18)10-2-1-5-20-10/h3-4,6,10H,1-2,5H2,(H,16,18)(H2,15,17,19)/t10-/m0/s1. The van der Waals surface area contributed by atoms with E-state index in [1.165, 1.54) is 6.07 Å². The zero-order chi connectivity index (χ0) is 14.5. The van der Waals surface area contributed by atoms with Gasteiger partial charge in [0.2, 0.25) is 0 Å². The van der Waals surface area contributed by atoms with Crippen molar-refractivity contribution in [1.29, 1.82) is 0 Å². The minimum atomic E-state index is -0.588. The van der Waals surface area contributed by atoms with Crippen LogP contribution in [-0.4, -0.2) is 24.6 Å². The summed E-state index contributed by atoms with van der Waals surface area (Å²) in [5.74, 6) is -0.369. The highest BCUT2D eigenvalue weighted by molar-refractivity contribution is 6.42. The summed E-state index contributed by atoms with van der Waals surface area (Å²) < 4.78 is 5.18. The Labute approximate surface area is 125 Å². The monoisotopic (exact) mass is 317 g/mol. The largest absolute Gasteiger partial charge is 0.368 e. The van der Waals surface area contributed by atoms with Crippen molar-refractivity contribution in [2.45, 2.75) is 18.9 Å². The van der Waals surface area contributed by atoms with Gasteiger partial charge in [0.25, 0.3) is 5.91 Å². The maximum Gasteiger partial charge on any atom is 0.337 e. The first-order chi connectivity index (χ1) is 9.56. The van der Waals surface area contributed by atoms with Crippen molar-refractivity contribution >= 4 is 40.8 Å². The molecule has 0 saturated carbocycles. The van der Waals surface area contributed by atoms with Crippen molar-refractivity contribution in [2.75, 3.05) is 11.9 Å². The molecule has 1 aliphatic heterocycles. The lowest BCUT2D eigenvalue weighted by Gasteiger charge is -2.12. The van der Waals surface area contributed by atoms with Crippen LogP contribution in [0.5, 0.6) is 0 Å². The summed E-state index contributed by atoms with van der Waals surface area (Å²) in [6.45, 7) is 0.563. The van der Waals surface area contributed by atoms with Gasteiger partial charge >= 0.3 is 6.03 Å². The third kappa shape index (κ3) is 4.00. The van der Waals surface area contributed by atoms with Gasteiger partial charge in [-0.3, -0.25) is 10.2 Å². The number of hydrogen-bond donors (Lipinski definition) is 3. The Morgan fingerprint density at radius 3 is 2.65 bits per heavy atom. The van der Waals surface area contributed by atoms with E-state index in [1.807, 2.05) is 0 Å². The van der Waals surface area contributed by atoms with Crippen LogP contribution >= 0.6 is 23.2 Å². The summed E-state index contributed by atoms with van der Waals surface area (Å²) in [5, 5.41) is 3.23. The summed E-state index contributed by atoms with van der Waals surface area (Å²) in [5.41, 5.74) is 4.98. The molecule has 1 aliphatic rings. The van der Waals surface area contributed by atoms with Crippen LogP contribution in [0.2, 0.25) is 10.0 Å². The van der Waals surface area contributed by atoms with Crippen LogP contribution < -0.4 is 16.2 Å². The fourth-order valence-electron chi connectivity index (χ4n) is 1.72. The van der Waals surface area contributed by atoms with Gasteiger partial charge in [-0.15, -0.1) is 0 Å². The number of carbonyl (C=O) groups excluding carboxylic acids is 2. The second kappa shape index (κ2) is 6.78. The summed E-state index contributed by atoms with van der Waals surface area (Å²) in [6, 6.07) is 4.07. The van der Waals surface area contributed by atoms with E-state index < -0.39 is 12.1 Å². The molecule has 8 heteroatoms. The number of anilines is 1. The van der Waals surface area contributed by atoms with Gasteiger partial charge in [-0.25, -0.2) is 10.2 Å². The van der Waals surface area contributed by atoms with Crippen LogP contribution in [0.15, 0.2) is 18.2 Å². The third-order valence-electron chi connectivity index (χ3n) is 2.70. The maximum absolute atomic E-state index is 11.6. The van der Waals surface area contributed by atoms with E-state index in [0.29, 0.717) is 28.8 Å². The van der Waals surface area contributed by atoms with Gasteiger partial charge < -0.3 is 10.1 Å². The van der Waals surface area contributed by atoms with E-state index in [-0.39, 0.29) is 5.91 Å².